The van der Waals surface area contributed by atoms with Gasteiger partial charge in [-0.15, -0.1) is 0 Å². The Morgan fingerprint density at radius 3 is 2.64 bits per heavy atom. The predicted octanol–water partition coefficient (Wildman–Crippen LogP) is 3.24. The molecule has 2 heterocycles. The van der Waals surface area contributed by atoms with Crippen molar-refractivity contribution in [2.45, 2.75) is 6.92 Å². The van der Waals surface area contributed by atoms with Gasteiger partial charge in [-0.25, -0.2) is 14.4 Å². The number of hydrogen-bond acceptors (Lipinski definition) is 4. The Labute approximate surface area is 143 Å². The summed E-state index contributed by atoms with van der Waals surface area (Å²) in [5.74, 6) is -0.545. The molecule has 4 rings (SSSR count). The van der Waals surface area contributed by atoms with Gasteiger partial charge in [0.25, 0.3) is 0 Å². The van der Waals surface area contributed by atoms with Gasteiger partial charge in [-0.1, -0.05) is 30.3 Å². The van der Waals surface area contributed by atoms with Gasteiger partial charge in [0.2, 0.25) is 11.7 Å². The van der Waals surface area contributed by atoms with Gasteiger partial charge in [-0.2, -0.15) is 0 Å². The Hall–Kier alpha value is -3.41. The summed E-state index contributed by atoms with van der Waals surface area (Å²) in [5, 5.41) is 14.0. The van der Waals surface area contributed by atoms with E-state index < -0.39 is 6.03 Å². The standard InChI is InChI=1S/C19H15N3O3/c1-2-20-19(25)22-14-10-6-4-8-12(14)15(18(22)24)16-17(23)11-7-3-5-9-13(11)21-16/h3-10,24H,2H2,1H3,(H,20,25). The van der Waals surface area contributed by atoms with E-state index in [4.69, 9.17) is 0 Å². The van der Waals surface area contributed by atoms with Crippen molar-refractivity contribution in [3.8, 4) is 5.88 Å². The van der Waals surface area contributed by atoms with Crippen molar-refractivity contribution in [3.63, 3.8) is 0 Å². The molecular formula is C19H15N3O3. The number of Topliss-reactive ketones (excluding diaryl/α,β-unsaturated/α-hetero) is 1. The highest BCUT2D eigenvalue weighted by molar-refractivity contribution is 6.56. The molecule has 25 heavy (non-hydrogen) atoms. The van der Waals surface area contributed by atoms with Gasteiger partial charge < -0.3 is 10.4 Å². The van der Waals surface area contributed by atoms with Gasteiger partial charge in [0, 0.05) is 17.5 Å². The quantitative estimate of drug-likeness (QED) is 0.755. The second-order valence-corrected chi connectivity index (χ2v) is 5.69. The van der Waals surface area contributed by atoms with Gasteiger partial charge in [0.05, 0.1) is 16.8 Å². The van der Waals surface area contributed by atoms with E-state index in [0.717, 1.165) is 0 Å². The molecule has 0 bridgehead atoms. The monoisotopic (exact) mass is 333 g/mol. The lowest BCUT2D eigenvalue weighted by molar-refractivity contribution is 0.107. The van der Waals surface area contributed by atoms with E-state index in [1.165, 1.54) is 4.57 Å². The Morgan fingerprint density at radius 2 is 1.88 bits per heavy atom. The number of nitrogens with zero attached hydrogens (tertiary/aromatic N) is 2. The van der Waals surface area contributed by atoms with E-state index in [2.05, 4.69) is 10.3 Å². The van der Waals surface area contributed by atoms with Crippen LogP contribution in [0.4, 0.5) is 10.5 Å². The average Bonchev–Trinajstić information content (AvgIpc) is 3.09. The second kappa shape index (κ2) is 5.59. The third kappa shape index (κ3) is 2.15. The first-order valence-corrected chi connectivity index (χ1v) is 7.97. The molecule has 0 radical (unpaired) electrons. The molecule has 0 atom stereocenters. The number of nitrogens with one attached hydrogen (secondary N) is 1. The zero-order valence-electron chi connectivity index (χ0n) is 13.5. The maximum Gasteiger partial charge on any atom is 0.328 e. The fraction of sp³-hybridized carbons (Fsp3) is 0.105. The number of para-hydroxylation sites is 2. The molecule has 0 unspecified atom stereocenters. The van der Waals surface area contributed by atoms with Crippen LogP contribution < -0.4 is 5.32 Å². The van der Waals surface area contributed by atoms with Gasteiger partial charge in [-0.05, 0) is 25.1 Å². The van der Waals surface area contributed by atoms with Gasteiger partial charge in [0.15, 0.2) is 0 Å². The lowest BCUT2D eigenvalue weighted by atomic mass is 10.0. The fourth-order valence-electron chi connectivity index (χ4n) is 3.13. The summed E-state index contributed by atoms with van der Waals surface area (Å²) in [6, 6.07) is 13.6. The molecule has 6 heteroatoms. The van der Waals surface area contributed by atoms with Crippen molar-refractivity contribution in [3.05, 3.63) is 59.7 Å². The molecular weight excluding hydrogens is 318 g/mol. The molecule has 1 aromatic heterocycles. The third-order valence-electron chi connectivity index (χ3n) is 4.21. The molecule has 1 aliphatic heterocycles. The van der Waals surface area contributed by atoms with E-state index in [-0.39, 0.29) is 22.9 Å². The van der Waals surface area contributed by atoms with E-state index in [0.29, 0.717) is 28.7 Å². The molecule has 0 saturated heterocycles. The number of aromatic hydroxyl groups is 1. The minimum Gasteiger partial charge on any atom is -0.494 e. The molecule has 0 saturated carbocycles. The molecule has 1 amide bonds. The highest BCUT2D eigenvalue weighted by Crippen LogP contribution is 2.37. The van der Waals surface area contributed by atoms with Crippen molar-refractivity contribution in [1.29, 1.82) is 0 Å². The van der Waals surface area contributed by atoms with Gasteiger partial charge in [-0.3, -0.25) is 4.79 Å². The number of ketones is 1. The lowest BCUT2D eigenvalue weighted by Crippen LogP contribution is -2.27. The summed E-state index contributed by atoms with van der Waals surface area (Å²) >= 11 is 0. The van der Waals surface area contributed by atoms with E-state index in [1.807, 2.05) is 0 Å². The predicted molar refractivity (Wildman–Crippen MR) is 95.0 cm³/mol. The van der Waals surface area contributed by atoms with Crippen molar-refractivity contribution in [1.82, 2.24) is 9.88 Å². The summed E-state index contributed by atoms with van der Waals surface area (Å²) in [7, 11) is 0. The summed E-state index contributed by atoms with van der Waals surface area (Å²) < 4.78 is 1.17. The topological polar surface area (TPSA) is 83.7 Å². The molecule has 2 aromatic carbocycles. The summed E-state index contributed by atoms with van der Waals surface area (Å²) in [4.78, 5) is 29.5. The van der Waals surface area contributed by atoms with Crippen LogP contribution in [-0.4, -0.2) is 33.7 Å². The molecule has 3 aromatic rings. The van der Waals surface area contributed by atoms with Crippen LogP contribution in [0.3, 0.4) is 0 Å². The molecule has 6 nitrogen and oxygen atoms in total. The lowest BCUT2D eigenvalue weighted by Gasteiger charge is -2.06. The highest BCUT2D eigenvalue weighted by atomic mass is 16.3. The van der Waals surface area contributed by atoms with Crippen LogP contribution in [0.5, 0.6) is 5.88 Å². The van der Waals surface area contributed by atoms with Crippen LogP contribution in [0.25, 0.3) is 10.9 Å². The van der Waals surface area contributed by atoms with Crippen molar-refractivity contribution < 1.29 is 14.7 Å². The number of rotatable bonds is 2. The van der Waals surface area contributed by atoms with Crippen molar-refractivity contribution >= 4 is 34.1 Å². The first kappa shape index (κ1) is 15.1. The molecule has 0 fully saturated rings. The zero-order chi connectivity index (χ0) is 17.6. The minimum absolute atomic E-state index is 0.151. The van der Waals surface area contributed by atoms with Crippen LogP contribution in [0.2, 0.25) is 0 Å². The van der Waals surface area contributed by atoms with Crippen LogP contribution in [0.1, 0.15) is 22.8 Å². The number of carbonyl (C=O) groups excluding carboxylic acids is 2. The number of amides is 1. The maximum atomic E-state index is 12.7. The molecule has 2 N–H and O–H groups in total. The number of aromatic nitrogens is 1. The Morgan fingerprint density at radius 1 is 1.16 bits per heavy atom. The molecule has 0 spiro atoms. The van der Waals surface area contributed by atoms with E-state index in [1.54, 1.807) is 55.5 Å². The van der Waals surface area contributed by atoms with Gasteiger partial charge >= 0.3 is 6.03 Å². The maximum absolute atomic E-state index is 12.7. The Kier molecular flexibility index (Phi) is 3.39. The van der Waals surface area contributed by atoms with Crippen LogP contribution >= 0.6 is 0 Å². The smallest absolute Gasteiger partial charge is 0.328 e. The largest absolute Gasteiger partial charge is 0.494 e. The zero-order valence-corrected chi connectivity index (χ0v) is 13.5. The van der Waals surface area contributed by atoms with E-state index in [9.17, 15) is 14.7 Å². The van der Waals surface area contributed by atoms with Crippen LogP contribution in [-0.2, 0) is 0 Å². The first-order valence-electron chi connectivity index (χ1n) is 7.97. The van der Waals surface area contributed by atoms with Crippen molar-refractivity contribution in [2.75, 3.05) is 6.54 Å². The second-order valence-electron chi connectivity index (χ2n) is 5.69. The molecule has 1 aliphatic rings. The minimum atomic E-state index is -0.453. The highest BCUT2D eigenvalue weighted by Gasteiger charge is 2.32. The van der Waals surface area contributed by atoms with Crippen LogP contribution in [0.15, 0.2) is 53.5 Å². The Bertz CT molecular complexity index is 1060. The number of carbonyl (C=O) groups is 2. The average molecular weight is 333 g/mol. The molecule has 0 aliphatic carbocycles. The SMILES string of the molecule is CCNC(=O)n1c(O)c(C2=Nc3ccccc3C2=O)c2ccccc21. The van der Waals surface area contributed by atoms with Crippen LogP contribution in [0, 0.1) is 0 Å². The summed E-state index contributed by atoms with van der Waals surface area (Å²) in [6.07, 6.45) is 0. The van der Waals surface area contributed by atoms with Gasteiger partial charge in [0.1, 0.15) is 5.71 Å². The third-order valence-corrected chi connectivity index (χ3v) is 4.21. The summed E-state index contributed by atoms with van der Waals surface area (Å²) in [6.45, 7) is 2.22. The Balaban J connectivity index is 1.97. The number of benzene rings is 2. The normalized spacial score (nSPS) is 13.0. The summed E-state index contributed by atoms with van der Waals surface area (Å²) in [5.41, 5.74) is 2.01. The van der Waals surface area contributed by atoms with Crippen molar-refractivity contribution in [2.24, 2.45) is 4.99 Å². The fourth-order valence-corrected chi connectivity index (χ4v) is 3.13. The molecule has 124 valence electrons. The number of aliphatic imine (C=N–C) groups is 1. The number of fused-ring (bicyclic) bond motifs is 2. The first-order chi connectivity index (χ1) is 12.1. The van der Waals surface area contributed by atoms with E-state index >= 15 is 0 Å². The number of hydrogen-bond donors (Lipinski definition) is 2.